The third kappa shape index (κ3) is 5.50. The molecule has 0 amide bonds. The molecule has 0 aliphatic carbocycles. The van der Waals surface area contributed by atoms with E-state index in [1.807, 2.05) is 0 Å². The summed E-state index contributed by atoms with van der Waals surface area (Å²) in [6.07, 6.45) is 4.35. The molecule has 1 rings (SSSR count). The van der Waals surface area contributed by atoms with Crippen molar-refractivity contribution < 1.29 is 0 Å². The number of benzene rings is 1. The van der Waals surface area contributed by atoms with Crippen LogP contribution in [0.4, 0.5) is 0 Å². The maximum Gasteiger partial charge on any atom is 0.0143 e. The summed E-state index contributed by atoms with van der Waals surface area (Å²) in [5, 5.41) is 3.44. The Balaban J connectivity index is 2.57. The van der Waals surface area contributed by atoms with Crippen molar-refractivity contribution in [1.29, 1.82) is 0 Å². The fourth-order valence-electron chi connectivity index (χ4n) is 1.65. The van der Waals surface area contributed by atoms with Crippen LogP contribution >= 0.6 is 0 Å². The molecule has 1 N–H and O–H groups in total. The van der Waals surface area contributed by atoms with Gasteiger partial charge in [0, 0.05) is 12.1 Å². The van der Waals surface area contributed by atoms with Gasteiger partial charge in [-0.15, -0.1) is 0 Å². The molecular formula is C17H27N. The number of hydrogen-bond donors (Lipinski definition) is 1. The van der Waals surface area contributed by atoms with Gasteiger partial charge in [0.15, 0.2) is 0 Å². The molecule has 0 aromatic heterocycles. The topological polar surface area (TPSA) is 12.0 Å². The van der Waals surface area contributed by atoms with Crippen LogP contribution < -0.4 is 5.32 Å². The van der Waals surface area contributed by atoms with Gasteiger partial charge in [0.25, 0.3) is 0 Å². The summed E-state index contributed by atoms with van der Waals surface area (Å²) < 4.78 is 0. The van der Waals surface area contributed by atoms with E-state index in [0.29, 0.717) is 0 Å². The summed E-state index contributed by atoms with van der Waals surface area (Å²) >= 11 is 0. The Morgan fingerprint density at radius 2 is 1.50 bits per heavy atom. The lowest BCUT2D eigenvalue weighted by molar-refractivity contribution is 0.450. The lowest BCUT2D eigenvalue weighted by Gasteiger charge is -2.19. The second kappa shape index (κ2) is 5.71. The van der Waals surface area contributed by atoms with E-state index in [4.69, 9.17) is 0 Å². The Morgan fingerprint density at radius 3 is 1.94 bits per heavy atom. The molecule has 1 aromatic carbocycles. The van der Waals surface area contributed by atoms with Crippen molar-refractivity contribution >= 4 is 6.08 Å². The minimum Gasteiger partial charge on any atom is -0.309 e. The zero-order valence-corrected chi connectivity index (χ0v) is 12.7. The van der Waals surface area contributed by atoms with Crippen LogP contribution in [-0.2, 0) is 5.41 Å². The third-order valence-electron chi connectivity index (χ3n) is 2.84. The van der Waals surface area contributed by atoms with Crippen molar-refractivity contribution in [2.24, 2.45) is 0 Å². The first-order valence-electron chi connectivity index (χ1n) is 6.71. The van der Waals surface area contributed by atoms with Crippen LogP contribution in [-0.4, -0.2) is 12.1 Å². The molecular weight excluding hydrogens is 218 g/mol. The average Bonchev–Trinajstić information content (AvgIpc) is 2.22. The Morgan fingerprint density at radius 1 is 0.944 bits per heavy atom. The highest BCUT2D eigenvalue weighted by molar-refractivity contribution is 5.50. The summed E-state index contributed by atoms with van der Waals surface area (Å²) in [6.45, 7) is 14.2. The van der Waals surface area contributed by atoms with Gasteiger partial charge in [-0.05, 0) is 37.3 Å². The maximum atomic E-state index is 3.44. The van der Waals surface area contributed by atoms with Crippen molar-refractivity contribution in [3.63, 3.8) is 0 Å². The molecule has 1 heteroatoms. The lowest BCUT2D eigenvalue weighted by Crippen LogP contribution is -2.35. The maximum absolute atomic E-state index is 3.44. The smallest absolute Gasteiger partial charge is 0.0143 e. The van der Waals surface area contributed by atoms with Crippen molar-refractivity contribution in [1.82, 2.24) is 5.32 Å². The summed E-state index contributed by atoms with van der Waals surface area (Å²) in [5.41, 5.74) is 3.06. The summed E-state index contributed by atoms with van der Waals surface area (Å²) in [5.74, 6) is 0. The Bertz CT molecular complexity index is 385. The van der Waals surface area contributed by atoms with Gasteiger partial charge >= 0.3 is 0 Å². The van der Waals surface area contributed by atoms with Gasteiger partial charge in [0.2, 0.25) is 0 Å². The highest BCUT2D eigenvalue weighted by Gasteiger charge is 2.12. The predicted molar refractivity (Wildman–Crippen MR) is 81.9 cm³/mol. The number of hydrogen-bond acceptors (Lipinski definition) is 1. The zero-order chi connectivity index (χ0) is 13.8. The molecule has 0 spiro atoms. The van der Waals surface area contributed by atoms with Crippen LogP contribution in [0.15, 0.2) is 30.3 Å². The SMILES string of the molecule is CC(C)(C)NCC=Cc1ccc(C(C)(C)C)cc1. The summed E-state index contributed by atoms with van der Waals surface area (Å²) in [4.78, 5) is 0. The van der Waals surface area contributed by atoms with Gasteiger partial charge in [-0.3, -0.25) is 0 Å². The molecule has 0 atom stereocenters. The van der Waals surface area contributed by atoms with Crippen LogP contribution in [0.1, 0.15) is 52.7 Å². The molecule has 18 heavy (non-hydrogen) atoms. The van der Waals surface area contributed by atoms with E-state index in [-0.39, 0.29) is 11.0 Å². The minimum absolute atomic E-state index is 0.181. The Kier molecular flexibility index (Phi) is 4.75. The molecule has 100 valence electrons. The van der Waals surface area contributed by atoms with Crippen molar-refractivity contribution in [2.75, 3.05) is 6.54 Å². The monoisotopic (exact) mass is 245 g/mol. The van der Waals surface area contributed by atoms with Gasteiger partial charge in [0.1, 0.15) is 0 Å². The largest absolute Gasteiger partial charge is 0.309 e. The van der Waals surface area contributed by atoms with Gasteiger partial charge in [0.05, 0.1) is 0 Å². The fraction of sp³-hybridized carbons (Fsp3) is 0.529. The molecule has 1 nitrogen and oxygen atoms in total. The molecule has 1 aromatic rings. The van der Waals surface area contributed by atoms with E-state index in [2.05, 4.69) is 83.3 Å². The van der Waals surface area contributed by atoms with Gasteiger partial charge < -0.3 is 5.32 Å². The van der Waals surface area contributed by atoms with Crippen LogP contribution in [0.2, 0.25) is 0 Å². The first-order valence-corrected chi connectivity index (χ1v) is 6.71. The standard InChI is InChI=1S/C17H27N/c1-16(2,3)15-11-9-14(10-12-15)8-7-13-18-17(4,5)6/h7-12,18H,13H2,1-6H3. The first kappa shape index (κ1) is 15.0. The molecule has 0 fully saturated rings. The third-order valence-corrected chi connectivity index (χ3v) is 2.84. The predicted octanol–water partition coefficient (Wildman–Crippen LogP) is 4.39. The first-order chi connectivity index (χ1) is 8.18. The van der Waals surface area contributed by atoms with Gasteiger partial charge in [-0.25, -0.2) is 0 Å². The van der Waals surface area contributed by atoms with E-state index in [9.17, 15) is 0 Å². The van der Waals surface area contributed by atoms with Crippen molar-refractivity contribution in [2.45, 2.75) is 52.5 Å². The fourth-order valence-corrected chi connectivity index (χ4v) is 1.65. The van der Waals surface area contributed by atoms with E-state index >= 15 is 0 Å². The Hall–Kier alpha value is -1.08. The number of nitrogens with one attached hydrogen (secondary N) is 1. The van der Waals surface area contributed by atoms with Crippen molar-refractivity contribution in [3.8, 4) is 0 Å². The van der Waals surface area contributed by atoms with Gasteiger partial charge in [-0.1, -0.05) is 57.2 Å². The second-order valence-corrected chi connectivity index (χ2v) is 6.91. The number of rotatable bonds is 3. The van der Waals surface area contributed by atoms with E-state index in [1.165, 1.54) is 11.1 Å². The van der Waals surface area contributed by atoms with Crippen LogP contribution in [0.25, 0.3) is 6.08 Å². The van der Waals surface area contributed by atoms with E-state index in [1.54, 1.807) is 0 Å². The highest BCUT2D eigenvalue weighted by Crippen LogP contribution is 2.22. The lowest BCUT2D eigenvalue weighted by atomic mass is 9.87. The molecule has 0 aliphatic rings. The molecule has 0 aliphatic heterocycles. The minimum atomic E-state index is 0.181. The second-order valence-electron chi connectivity index (χ2n) is 6.91. The molecule has 0 heterocycles. The van der Waals surface area contributed by atoms with Crippen LogP contribution in [0.3, 0.4) is 0 Å². The molecule has 0 radical (unpaired) electrons. The molecule has 0 unspecified atom stereocenters. The quantitative estimate of drug-likeness (QED) is 0.833. The van der Waals surface area contributed by atoms with E-state index in [0.717, 1.165) is 6.54 Å². The average molecular weight is 245 g/mol. The van der Waals surface area contributed by atoms with E-state index < -0.39 is 0 Å². The normalized spacial score (nSPS) is 13.2. The summed E-state index contributed by atoms with van der Waals surface area (Å²) in [7, 11) is 0. The molecule has 0 saturated carbocycles. The summed E-state index contributed by atoms with van der Waals surface area (Å²) in [6, 6.07) is 8.82. The van der Waals surface area contributed by atoms with Crippen LogP contribution in [0.5, 0.6) is 0 Å². The molecule has 0 saturated heterocycles. The Labute approximate surface area is 112 Å². The zero-order valence-electron chi connectivity index (χ0n) is 12.7. The van der Waals surface area contributed by atoms with Crippen molar-refractivity contribution in [3.05, 3.63) is 41.5 Å². The van der Waals surface area contributed by atoms with Gasteiger partial charge in [-0.2, -0.15) is 0 Å². The highest BCUT2D eigenvalue weighted by atomic mass is 14.9. The van der Waals surface area contributed by atoms with Crippen LogP contribution in [0, 0.1) is 0 Å². The molecule has 0 bridgehead atoms.